The van der Waals surface area contributed by atoms with Crippen LogP contribution in [0.4, 0.5) is 16.2 Å². The van der Waals surface area contributed by atoms with Crippen LogP contribution in [-0.4, -0.2) is 34.9 Å². The molecule has 1 atom stereocenters. The number of rotatable bonds is 6. The van der Waals surface area contributed by atoms with Crippen LogP contribution in [0.5, 0.6) is 0 Å². The molecule has 3 amide bonds. The Morgan fingerprint density at radius 3 is 2.63 bits per heavy atom. The van der Waals surface area contributed by atoms with Crippen LogP contribution in [0, 0.1) is 10.1 Å². The number of hydrogen-bond donors (Lipinski definition) is 2. The number of amides is 3. The number of anilines is 1. The molecule has 3 rings (SSSR count). The van der Waals surface area contributed by atoms with Gasteiger partial charge >= 0.3 is 6.03 Å². The van der Waals surface area contributed by atoms with E-state index >= 15 is 0 Å². The molecule has 2 aromatic carbocycles. The molecular weight excluding hydrogens is 348 g/mol. The first-order chi connectivity index (χ1) is 13.0. The Balaban J connectivity index is 1.71. The molecule has 0 aliphatic carbocycles. The van der Waals surface area contributed by atoms with E-state index in [1.54, 1.807) is 11.0 Å². The number of nitrogens with one attached hydrogen (secondary N) is 2. The van der Waals surface area contributed by atoms with Crippen molar-refractivity contribution in [3.63, 3.8) is 0 Å². The summed E-state index contributed by atoms with van der Waals surface area (Å²) in [7, 11) is 0. The molecule has 0 unspecified atom stereocenters. The van der Waals surface area contributed by atoms with Gasteiger partial charge < -0.3 is 15.5 Å². The highest BCUT2D eigenvalue weighted by atomic mass is 16.6. The van der Waals surface area contributed by atoms with Crippen molar-refractivity contribution < 1.29 is 14.5 Å². The lowest BCUT2D eigenvalue weighted by Crippen LogP contribution is -2.40. The molecule has 0 spiro atoms. The van der Waals surface area contributed by atoms with E-state index in [-0.39, 0.29) is 17.6 Å². The summed E-state index contributed by atoms with van der Waals surface area (Å²) in [4.78, 5) is 36.5. The van der Waals surface area contributed by atoms with Crippen molar-refractivity contribution in [2.45, 2.75) is 18.9 Å². The number of nitrogens with zero attached hydrogens (tertiary/aromatic N) is 2. The number of nitro groups is 1. The summed E-state index contributed by atoms with van der Waals surface area (Å²) in [5, 5.41) is 16.3. The second-order valence-electron chi connectivity index (χ2n) is 6.31. The third kappa shape index (κ3) is 4.81. The average Bonchev–Trinajstić information content (AvgIpc) is 3.07. The molecule has 8 heteroatoms. The van der Waals surface area contributed by atoms with Crippen LogP contribution in [0.2, 0.25) is 0 Å². The van der Waals surface area contributed by atoms with E-state index in [0.717, 1.165) is 12.0 Å². The van der Waals surface area contributed by atoms with Crippen molar-refractivity contribution in [1.29, 1.82) is 0 Å². The molecule has 0 radical (unpaired) electrons. The Hall–Kier alpha value is -3.42. The van der Waals surface area contributed by atoms with Gasteiger partial charge in [-0.05, 0) is 18.1 Å². The zero-order valence-corrected chi connectivity index (χ0v) is 14.6. The predicted octanol–water partition coefficient (Wildman–Crippen LogP) is 3.08. The number of benzene rings is 2. The summed E-state index contributed by atoms with van der Waals surface area (Å²) in [6.07, 6.45) is 1.35. The van der Waals surface area contributed by atoms with Gasteiger partial charge in [0.2, 0.25) is 5.91 Å². The minimum atomic E-state index is -0.519. The molecular formula is C19H20N4O4. The Labute approximate surface area is 156 Å². The normalized spacial score (nSPS) is 14.7. The molecule has 0 aromatic heterocycles. The van der Waals surface area contributed by atoms with Crippen LogP contribution in [0.25, 0.3) is 0 Å². The quantitative estimate of drug-likeness (QED) is 0.604. The van der Waals surface area contributed by atoms with Gasteiger partial charge in [-0.1, -0.05) is 36.4 Å². The molecule has 1 aliphatic rings. The van der Waals surface area contributed by atoms with Gasteiger partial charge in [-0.15, -0.1) is 0 Å². The van der Waals surface area contributed by atoms with Gasteiger partial charge in [0.15, 0.2) is 0 Å². The highest BCUT2D eigenvalue weighted by Gasteiger charge is 2.25. The number of non-ortho nitro benzene ring substituents is 1. The van der Waals surface area contributed by atoms with Crippen LogP contribution < -0.4 is 10.6 Å². The van der Waals surface area contributed by atoms with E-state index in [1.807, 2.05) is 30.3 Å². The van der Waals surface area contributed by atoms with Crippen molar-refractivity contribution in [2.75, 3.05) is 18.4 Å². The molecule has 27 heavy (non-hydrogen) atoms. The number of carbonyl (C=O) groups is 2. The predicted molar refractivity (Wildman–Crippen MR) is 100 cm³/mol. The Morgan fingerprint density at radius 2 is 1.96 bits per heavy atom. The third-order valence-corrected chi connectivity index (χ3v) is 4.40. The van der Waals surface area contributed by atoms with Crippen molar-refractivity contribution in [1.82, 2.24) is 10.2 Å². The lowest BCUT2D eigenvalue weighted by molar-refractivity contribution is -0.384. The topological polar surface area (TPSA) is 105 Å². The standard InChI is InChI=1S/C19H20N4O4/c24-18-10-5-11-22(18)13-17(14-6-2-1-3-7-14)21-19(25)20-15-8-4-9-16(12-15)23(26)27/h1-4,6-9,12,17H,5,10-11,13H2,(H2,20,21,25)/t17-/m1/s1. The molecule has 0 saturated carbocycles. The zero-order chi connectivity index (χ0) is 19.2. The van der Waals surface area contributed by atoms with E-state index in [0.29, 0.717) is 25.2 Å². The summed E-state index contributed by atoms with van der Waals surface area (Å²) in [5.74, 6) is 0.0804. The van der Waals surface area contributed by atoms with Gasteiger partial charge in [-0.3, -0.25) is 14.9 Å². The first-order valence-corrected chi connectivity index (χ1v) is 8.67. The van der Waals surface area contributed by atoms with Gasteiger partial charge in [0.1, 0.15) is 0 Å². The van der Waals surface area contributed by atoms with Gasteiger partial charge in [-0.2, -0.15) is 0 Å². The number of carbonyl (C=O) groups excluding carboxylic acids is 2. The first kappa shape index (κ1) is 18.4. The van der Waals surface area contributed by atoms with Crippen molar-refractivity contribution in [3.05, 3.63) is 70.3 Å². The van der Waals surface area contributed by atoms with E-state index < -0.39 is 11.0 Å². The molecule has 1 saturated heterocycles. The van der Waals surface area contributed by atoms with Gasteiger partial charge in [0.25, 0.3) is 5.69 Å². The molecule has 1 fully saturated rings. The van der Waals surface area contributed by atoms with Crippen molar-refractivity contribution >= 4 is 23.3 Å². The SMILES string of the molecule is O=C(Nc1cccc([N+](=O)[O-])c1)N[C@H](CN1CCCC1=O)c1ccccc1. The minimum Gasteiger partial charge on any atom is -0.340 e. The van der Waals surface area contributed by atoms with E-state index in [2.05, 4.69) is 10.6 Å². The number of hydrogen-bond acceptors (Lipinski definition) is 4. The molecule has 2 aromatic rings. The second-order valence-corrected chi connectivity index (χ2v) is 6.31. The van der Waals surface area contributed by atoms with Crippen LogP contribution in [0.15, 0.2) is 54.6 Å². The number of urea groups is 1. The minimum absolute atomic E-state index is 0.0804. The molecule has 1 aliphatic heterocycles. The van der Waals surface area contributed by atoms with Crippen LogP contribution in [-0.2, 0) is 4.79 Å². The summed E-state index contributed by atoms with van der Waals surface area (Å²) >= 11 is 0. The molecule has 2 N–H and O–H groups in total. The molecule has 0 bridgehead atoms. The van der Waals surface area contributed by atoms with Gasteiger partial charge in [0, 0.05) is 37.3 Å². The van der Waals surface area contributed by atoms with Crippen LogP contribution in [0.1, 0.15) is 24.4 Å². The largest absolute Gasteiger partial charge is 0.340 e. The van der Waals surface area contributed by atoms with Crippen LogP contribution in [0.3, 0.4) is 0 Å². The molecule has 8 nitrogen and oxygen atoms in total. The Morgan fingerprint density at radius 1 is 1.19 bits per heavy atom. The second kappa shape index (κ2) is 8.31. The monoisotopic (exact) mass is 368 g/mol. The highest BCUT2D eigenvalue weighted by molar-refractivity contribution is 5.90. The Bertz CT molecular complexity index is 841. The maximum absolute atomic E-state index is 12.4. The highest BCUT2D eigenvalue weighted by Crippen LogP contribution is 2.20. The van der Waals surface area contributed by atoms with Crippen LogP contribution >= 0.6 is 0 Å². The molecule has 1 heterocycles. The zero-order valence-electron chi connectivity index (χ0n) is 14.6. The third-order valence-electron chi connectivity index (χ3n) is 4.40. The summed E-state index contributed by atoms with van der Waals surface area (Å²) in [5.41, 5.74) is 1.10. The number of likely N-dealkylation sites (tertiary alicyclic amines) is 1. The van der Waals surface area contributed by atoms with Crippen molar-refractivity contribution in [3.8, 4) is 0 Å². The maximum atomic E-state index is 12.4. The fourth-order valence-electron chi connectivity index (χ4n) is 3.06. The van der Waals surface area contributed by atoms with Gasteiger partial charge in [-0.25, -0.2) is 4.79 Å². The summed E-state index contributed by atoms with van der Waals surface area (Å²) in [6.45, 7) is 1.06. The lowest BCUT2D eigenvalue weighted by atomic mass is 10.1. The molecule has 140 valence electrons. The summed E-state index contributed by atoms with van der Waals surface area (Å²) in [6, 6.07) is 14.3. The Kier molecular flexibility index (Phi) is 5.65. The lowest BCUT2D eigenvalue weighted by Gasteiger charge is -2.25. The van der Waals surface area contributed by atoms with E-state index in [1.165, 1.54) is 18.2 Å². The van der Waals surface area contributed by atoms with E-state index in [4.69, 9.17) is 0 Å². The smallest absolute Gasteiger partial charge is 0.319 e. The van der Waals surface area contributed by atoms with E-state index in [9.17, 15) is 19.7 Å². The number of nitro benzene ring substituents is 1. The van der Waals surface area contributed by atoms with Gasteiger partial charge in [0.05, 0.1) is 11.0 Å². The maximum Gasteiger partial charge on any atom is 0.319 e. The fourth-order valence-corrected chi connectivity index (χ4v) is 3.06. The first-order valence-electron chi connectivity index (χ1n) is 8.67. The average molecular weight is 368 g/mol. The van der Waals surface area contributed by atoms with Crippen molar-refractivity contribution in [2.24, 2.45) is 0 Å². The summed E-state index contributed by atoms with van der Waals surface area (Å²) < 4.78 is 0. The fraction of sp³-hybridized carbons (Fsp3) is 0.263.